The average Bonchev–Trinajstić information content (AvgIpc) is 2.56. The highest BCUT2D eigenvalue weighted by atomic mass is 32.2. The van der Waals surface area contributed by atoms with E-state index in [2.05, 4.69) is 17.1 Å². The van der Waals surface area contributed by atoms with Gasteiger partial charge in [-0.25, -0.2) is 0 Å². The summed E-state index contributed by atoms with van der Waals surface area (Å²) in [6, 6.07) is 0.669. The Morgan fingerprint density at radius 3 is 2.71 bits per heavy atom. The molecular weight excluding hydrogens is 196 g/mol. The summed E-state index contributed by atoms with van der Waals surface area (Å²) in [6.45, 7) is 6.72. The van der Waals surface area contributed by atoms with Crippen molar-refractivity contribution in [2.75, 3.05) is 37.7 Å². The molecule has 2 heterocycles. The first-order valence-electron chi connectivity index (χ1n) is 5.56. The molecule has 2 aliphatic rings. The summed E-state index contributed by atoms with van der Waals surface area (Å²) < 4.78 is 11.2. The van der Waals surface area contributed by atoms with Gasteiger partial charge >= 0.3 is 0 Å². The minimum Gasteiger partial charge on any atom is -0.314 e. The second-order valence-electron chi connectivity index (χ2n) is 4.44. The van der Waals surface area contributed by atoms with Crippen molar-refractivity contribution in [1.82, 2.24) is 10.2 Å². The summed E-state index contributed by atoms with van der Waals surface area (Å²) in [5, 5.41) is 3.48. The molecule has 0 aromatic heterocycles. The van der Waals surface area contributed by atoms with E-state index in [1.807, 2.05) is 0 Å². The first kappa shape index (κ1) is 10.6. The third-order valence-corrected chi connectivity index (χ3v) is 4.73. The lowest BCUT2D eigenvalue weighted by molar-refractivity contribution is 0.241. The zero-order valence-electron chi connectivity index (χ0n) is 8.87. The van der Waals surface area contributed by atoms with Crippen LogP contribution >= 0.6 is 0 Å². The number of hydrogen-bond donors (Lipinski definition) is 1. The van der Waals surface area contributed by atoms with E-state index < -0.39 is 10.8 Å². The molecule has 2 fully saturated rings. The van der Waals surface area contributed by atoms with Crippen LogP contribution in [0.5, 0.6) is 0 Å². The van der Waals surface area contributed by atoms with Gasteiger partial charge in [0.2, 0.25) is 0 Å². The Balaban J connectivity index is 1.77. The van der Waals surface area contributed by atoms with Gasteiger partial charge in [-0.2, -0.15) is 0 Å². The Bertz CT molecular complexity index is 212. The molecule has 0 amide bonds. The lowest BCUT2D eigenvalue weighted by atomic mass is 10.0. The molecule has 0 radical (unpaired) electrons. The van der Waals surface area contributed by atoms with E-state index in [1.54, 1.807) is 0 Å². The van der Waals surface area contributed by atoms with Gasteiger partial charge in [0, 0.05) is 48.0 Å². The fourth-order valence-electron chi connectivity index (χ4n) is 2.35. The topological polar surface area (TPSA) is 32.3 Å². The predicted octanol–water partition coefficient (Wildman–Crippen LogP) is 0.0487. The van der Waals surface area contributed by atoms with E-state index in [4.69, 9.17) is 0 Å². The van der Waals surface area contributed by atoms with Gasteiger partial charge < -0.3 is 10.2 Å². The highest BCUT2D eigenvalue weighted by Crippen LogP contribution is 2.17. The van der Waals surface area contributed by atoms with E-state index in [0.29, 0.717) is 6.04 Å². The fraction of sp³-hybridized carbons (Fsp3) is 1.00. The molecule has 0 aromatic rings. The maximum absolute atomic E-state index is 11.2. The maximum atomic E-state index is 11.2. The summed E-state index contributed by atoms with van der Waals surface area (Å²) >= 11 is 0. The van der Waals surface area contributed by atoms with E-state index in [0.717, 1.165) is 30.5 Å². The number of rotatable bonds is 2. The average molecular weight is 216 g/mol. The Kier molecular flexibility index (Phi) is 3.57. The highest BCUT2D eigenvalue weighted by Gasteiger charge is 2.26. The monoisotopic (exact) mass is 216 g/mol. The van der Waals surface area contributed by atoms with E-state index in [-0.39, 0.29) is 0 Å². The van der Waals surface area contributed by atoms with E-state index in [9.17, 15) is 4.21 Å². The van der Waals surface area contributed by atoms with E-state index in [1.165, 1.54) is 19.5 Å². The zero-order valence-corrected chi connectivity index (χ0v) is 9.68. The molecule has 2 saturated heterocycles. The molecular formula is C10H20N2OS. The lowest BCUT2D eigenvalue weighted by Crippen LogP contribution is -2.42. The Morgan fingerprint density at radius 2 is 2.14 bits per heavy atom. The smallest absolute Gasteiger partial charge is 0.0363 e. The highest BCUT2D eigenvalue weighted by molar-refractivity contribution is 7.85. The second-order valence-corrected chi connectivity index (χ2v) is 6.14. The van der Waals surface area contributed by atoms with Gasteiger partial charge in [0.25, 0.3) is 0 Å². The summed E-state index contributed by atoms with van der Waals surface area (Å²) in [5.41, 5.74) is 0. The molecule has 1 N–H and O–H groups in total. The van der Waals surface area contributed by atoms with Gasteiger partial charge in [-0.15, -0.1) is 0 Å². The van der Waals surface area contributed by atoms with Gasteiger partial charge in [0.1, 0.15) is 0 Å². The molecule has 0 aromatic carbocycles. The Hall–Kier alpha value is 0.0700. The van der Waals surface area contributed by atoms with Gasteiger partial charge in [0.15, 0.2) is 0 Å². The summed E-state index contributed by atoms with van der Waals surface area (Å²) in [6.07, 6.45) is 1.31. The third kappa shape index (κ3) is 2.55. The molecule has 82 valence electrons. The molecule has 0 bridgehead atoms. The van der Waals surface area contributed by atoms with Gasteiger partial charge in [0.05, 0.1) is 0 Å². The normalized spacial score (nSPS) is 36.4. The first-order chi connectivity index (χ1) is 6.75. The standard InChI is InChI=1S/C10H20N2OS/c1-9-10(2-3-11-9)8-12-4-6-14(13)7-5-12/h9-11H,2-8H2,1H3. The van der Waals surface area contributed by atoms with Crippen LogP contribution in [0.2, 0.25) is 0 Å². The predicted molar refractivity (Wildman–Crippen MR) is 59.9 cm³/mol. The summed E-state index contributed by atoms with van der Waals surface area (Å²) in [4.78, 5) is 2.48. The summed E-state index contributed by atoms with van der Waals surface area (Å²) in [5.74, 6) is 2.57. The van der Waals surface area contributed by atoms with Crippen molar-refractivity contribution in [2.45, 2.75) is 19.4 Å². The number of nitrogens with one attached hydrogen (secondary N) is 1. The zero-order chi connectivity index (χ0) is 9.97. The molecule has 2 atom stereocenters. The maximum Gasteiger partial charge on any atom is 0.0363 e. The Labute approximate surface area is 88.7 Å². The van der Waals surface area contributed by atoms with Gasteiger partial charge in [-0.3, -0.25) is 4.21 Å². The van der Waals surface area contributed by atoms with Gasteiger partial charge in [-0.05, 0) is 25.8 Å². The third-order valence-electron chi connectivity index (χ3n) is 3.45. The Morgan fingerprint density at radius 1 is 1.43 bits per heavy atom. The van der Waals surface area contributed by atoms with Crippen LogP contribution in [0.1, 0.15) is 13.3 Å². The minimum atomic E-state index is -0.530. The molecule has 2 unspecified atom stereocenters. The van der Waals surface area contributed by atoms with Crippen molar-refractivity contribution in [3.05, 3.63) is 0 Å². The van der Waals surface area contributed by atoms with Crippen molar-refractivity contribution in [1.29, 1.82) is 0 Å². The number of hydrogen-bond acceptors (Lipinski definition) is 3. The van der Waals surface area contributed by atoms with Crippen molar-refractivity contribution in [2.24, 2.45) is 5.92 Å². The van der Waals surface area contributed by atoms with Crippen molar-refractivity contribution in [3.8, 4) is 0 Å². The molecule has 3 nitrogen and oxygen atoms in total. The van der Waals surface area contributed by atoms with Crippen molar-refractivity contribution in [3.63, 3.8) is 0 Å². The van der Waals surface area contributed by atoms with Crippen LogP contribution in [-0.4, -0.2) is 52.8 Å². The molecule has 14 heavy (non-hydrogen) atoms. The molecule has 0 aliphatic carbocycles. The van der Waals surface area contributed by atoms with Crippen LogP contribution in [0, 0.1) is 5.92 Å². The molecule has 0 saturated carbocycles. The second kappa shape index (κ2) is 4.73. The molecule has 2 rings (SSSR count). The van der Waals surface area contributed by atoms with Crippen LogP contribution < -0.4 is 5.32 Å². The molecule has 2 aliphatic heterocycles. The van der Waals surface area contributed by atoms with Crippen LogP contribution in [0.3, 0.4) is 0 Å². The summed E-state index contributed by atoms with van der Waals surface area (Å²) in [7, 11) is -0.530. The molecule has 4 heteroatoms. The lowest BCUT2D eigenvalue weighted by Gasteiger charge is -2.29. The largest absolute Gasteiger partial charge is 0.314 e. The fourth-order valence-corrected chi connectivity index (χ4v) is 3.48. The van der Waals surface area contributed by atoms with Crippen molar-refractivity contribution < 1.29 is 4.21 Å². The van der Waals surface area contributed by atoms with Crippen LogP contribution in [0.4, 0.5) is 0 Å². The number of nitrogens with zero attached hydrogens (tertiary/aromatic N) is 1. The van der Waals surface area contributed by atoms with Gasteiger partial charge in [-0.1, -0.05) is 0 Å². The van der Waals surface area contributed by atoms with Crippen molar-refractivity contribution >= 4 is 10.8 Å². The van der Waals surface area contributed by atoms with E-state index >= 15 is 0 Å². The first-order valence-corrected chi connectivity index (χ1v) is 7.05. The van der Waals surface area contributed by atoms with Crippen LogP contribution in [0.25, 0.3) is 0 Å². The van der Waals surface area contributed by atoms with Crippen LogP contribution in [0.15, 0.2) is 0 Å². The quantitative estimate of drug-likeness (QED) is 0.708. The van der Waals surface area contributed by atoms with Crippen LogP contribution in [-0.2, 0) is 10.8 Å². The SMILES string of the molecule is CC1NCCC1CN1CCS(=O)CC1. The molecule has 0 spiro atoms. The minimum absolute atomic E-state index is 0.530.